The van der Waals surface area contributed by atoms with Gasteiger partial charge in [0, 0.05) is 5.56 Å². The molecular formula is C21H36NO2+. The Morgan fingerprint density at radius 3 is 2.54 bits per heavy atom. The number of hydrogen-bond acceptors (Lipinski definition) is 2. The van der Waals surface area contributed by atoms with Crippen molar-refractivity contribution in [1.29, 1.82) is 0 Å². The van der Waals surface area contributed by atoms with Crippen molar-refractivity contribution in [3.8, 4) is 0 Å². The molecule has 0 unspecified atom stereocenters. The van der Waals surface area contributed by atoms with Crippen LogP contribution in [0.1, 0.15) is 58.6 Å². The predicted molar refractivity (Wildman–Crippen MR) is 98.7 cm³/mol. The second-order valence-corrected chi connectivity index (χ2v) is 8.02. The summed E-state index contributed by atoms with van der Waals surface area (Å²) in [6.45, 7) is 10.2. The van der Waals surface area contributed by atoms with E-state index >= 15 is 0 Å². The highest BCUT2D eigenvalue weighted by molar-refractivity contribution is 5.16. The topological polar surface area (TPSA) is 46.1 Å². The molecule has 0 spiro atoms. The Bertz CT molecular complexity index is 462. The van der Waals surface area contributed by atoms with Crippen molar-refractivity contribution in [3.05, 3.63) is 35.9 Å². The number of ether oxygens (including phenoxy) is 1. The van der Waals surface area contributed by atoms with E-state index in [4.69, 9.17) is 4.74 Å². The molecule has 0 aliphatic heterocycles. The van der Waals surface area contributed by atoms with Gasteiger partial charge in [-0.1, -0.05) is 57.5 Å². The summed E-state index contributed by atoms with van der Waals surface area (Å²) in [5, 5.41) is 12.5. The molecule has 0 amide bonds. The molecule has 0 saturated heterocycles. The van der Waals surface area contributed by atoms with Crippen LogP contribution in [-0.2, 0) is 4.74 Å². The maximum absolute atomic E-state index is 10.3. The minimum atomic E-state index is -0.402. The Balaban J connectivity index is 1.74. The van der Waals surface area contributed by atoms with Crippen molar-refractivity contribution in [3.63, 3.8) is 0 Å². The molecule has 0 radical (unpaired) electrons. The summed E-state index contributed by atoms with van der Waals surface area (Å²) in [5.74, 6) is 2.04. The van der Waals surface area contributed by atoms with Crippen LogP contribution in [0.2, 0.25) is 0 Å². The Morgan fingerprint density at radius 1 is 1.17 bits per heavy atom. The summed E-state index contributed by atoms with van der Waals surface area (Å²) in [6.07, 6.45) is 3.63. The molecule has 0 aromatic heterocycles. The highest BCUT2D eigenvalue weighted by Crippen LogP contribution is 2.35. The number of quaternary nitrogens is 1. The molecule has 136 valence electrons. The van der Waals surface area contributed by atoms with Crippen LogP contribution < -0.4 is 5.32 Å². The van der Waals surface area contributed by atoms with Crippen LogP contribution in [0.25, 0.3) is 0 Å². The van der Waals surface area contributed by atoms with Crippen LogP contribution in [0.5, 0.6) is 0 Å². The number of nitrogens with two attached hydrogens (primary N) is 1. The molecule has 24 heavy (non-hydrogen) atoms. The largest absolute Gasteiger partial charge is 0.385 e. The number of aliphatic hydroxyl groups is 1. The van der Waals surface area contributed by atoms with Gasteiger partial charge in [0.1, 0.15) is 18.7 Å². The molecule has 1 aromatic carbocycles. The summed E-state index contributed by atoms with van der Waals surface area (Å²) in [7, 11) is 0. The van der Waals surface area contributed by atoms with E-state index in [-0.39, 0.29) is 0 Å². The van der Waals surface area contributed by atoms with Crippen molar-refractivity contribution < 1.29 is 15.2 Å². The minimum absolute atomic E-state index is 0.315. The van der Waals surface area contributed by atoms with Crippen molar-refractivity contribution in [2.45, 2.75) is 65.2 Å². The van der Waals surface area contributed by atoms with Gasteiger partial charge in [-0.2, -0.15) is 0 Å². The zero-order valence-electron chi connectivity index (χ0n) is 15.8. The lowest BCUT2D eigenvalue weighted by atomic mass is 9.75. The van der Waals surface area contributed by atoms with E-state index in [2.05, 4.69) is 57.3 Å². The molecule has 0 heterocycles. The number of hydrogen-bond donors (Lipinski definition) is 2. The molecule has 0 bridgehead atoms. The van der Waals surface area contributed by atoms with Gasteiger partial charge >= 0.3 is 0 Å². The Morgan fingerprint density at radius 2 is 1.88 bits per heavy atom. The highest BCUT2D eigenvalue weighted by Gasteiger charge is 2.31. The molecule has 1 fully saturated rings. The van der Waals surface area contributed by atoms with Gasteiger partial charge in [-0.05, 0) is 37.5 Å². The molecule has 1 saturated carbocycles. The monoisotopic (exact) mass is 334 g/mol. The fraction of sp³-hybridized carbons (Fsp3) is 0.714. The number of benzene rings is 1. The van der Waals surface area contributed by atoms with Gasteiger partial charge < -0.3 is 15.2 Å². The molecule has 1 aliphatic carbocycles. The van der Waals surface area contributed by atoms with Gasteiger partial charge in [-0.15, -0.1) is 0 Å². The standard InChI is InChI=1S/C21H35NO2/c1-15(2)20-11-10-16(3)12-21(20)24-14-19(23)13-22-17(4)18-8-6-5-7-9-18/h5-9,15-17,19-23H,10-14H2,1-4H3/p+1/t16-,17-,19+,20+,21+/m0/s1. The predicted octanol–water partition coefficient (Wildman–Crippen LogP) is 3.15. The van der Waals surface area contributed by atoms with E-state index < -0.39 is 6.10 Å². The van der Waals surface area contributed by atoms with E-state index in [0.717, 1.165) is 12.3 Å². The van der Waals surface area contributed by atoms with E-state index in [0.29, 0.717) is 37.1 Å². The third-order valence-corrected chi connectivity index (χ3v) is 5.55. The first-order valence-electron chi connectivity index (χ1n) is 9.65. The van der Waals surface area contributed by atoms with E-state index in [9.17, 15) is 5.11 Å². The van der Waals surface area contributed by atoms with Gasteiger partial charge in [-0.3, -0.25) is 0 Å². The first-order valence-corrected chi connectivity index (χ1v) is 9.65. The summed E-state index contributed by atoms with van der Waals surface area (Å²) in [5.41, 5.74) is 1.30. The Hall–Kier alpha value is -0.900. The smallest absolute Gasteiger partial charge is 0.126 e. The fourth-order valence-electron chi connectivity index (χ4n) is 3.86. The second kappa shape index (κ2) is 9.55. The van der Waals surface area contributed by atoms with Crippen LogP contribution in [0.3, 0.4) is 0 Å². The van der Waals surface area contributed by atoms with Crippen molar-refractivity contribution >= 4 is 0 Å². The zero-order chi connectivity index (χ0) is 17.5. The average molecular weight is 335 g/mol. The van der Waals surface area contributed by atoms with Crippen LogP contribution >= 0.6 is 0 Å². The lowest BCUT2D eigenvalue weighted by Crippen LogP contribution is -2.87. The molecule has 5 atom stereocenters. The first-order chi connectivity index (χ1) is 11.5. The third-order valence-electron chi connectivity index (χ3n) is 5.55. The van der Waals surface area contributed by atoms with Gasteiger partial charge in [0.25, 0.3) is 0 Å². The normalized spacial score (nSPS) is 27.2. The molecule has 3 N–H and O–H groups in total. The minimum Gasteiger partial charge on any atom is -0.385 e. The van der Waals surface area contributed by atoms with Crippen molar-refractivity contribution in [1.82, 2.24) is 0 Å². The average Bonchev–Trinajstić information content (AvgIpc) is 2.58. The quantitative estimate of drug-likeness (QED) is 0.767. The lowest BCUT2D eigenvalue weighted by molar-refractivity contribution is -0.698. The number of aliphatic hydroxyl groups excluding tert-OH is 1. The van der Waals surface area contributed by atoms with Crippen molar-refractivity contribution in [2.24, 2.45) is 17.8 Å². The maximum atomic E-state index is 10.3. The summed E-state index contributed by atoms with van der Waals surface area (Å²) in [4.78, 5) is 0. The first kappa shape index (κ1) is 19.4. The molecule has 2 rings (SSSR count). The third kappa shape index (κ3) is 5.87. The summed E-state index contributed by atoms with van der Waals surface area (Å²) >= 11 is 0. The Labute approximate surface area is 147 Å². The maximum Gasteiger partial charge on any atom is 0.126 e. The summed E-state index contributed by atoms with van der Waals surface area (Å²) in [6, 6.07) is 10.8. The van der Waals surface area contributed by atoms with E-state index in [1.54, 1.807) is 0 Å². The molecule has 1 aromatic rings. The van der Waals surface area contributed by atoms with Crippen molar-refractivity contribution in [2.75, 3.05) is 13.2 Å². The highest BCUT2D eigenvalue weighted by atomic mass is 16.5. The Kier molecular flexibility index (Phi) is 7.73. The zero-order valence-corrected chi connectivity index (χ0v) is 15.8. The van der Waals surface area contributed by atoms with Crippen LogP contribution in [-0.4, -0.2) is 30.5 Å². The van der Waals surface area contributed by atoms with Gasteiger partial charge in [0.05, 0.1) is 12.7 Å². The molecule has 3 nitrogen and oxygen atoms in total. The van der Waals surface area contributed by atoms with Gasteiger partial charge in [0.15, 0.2) is 0 Å². The lowest BCUT2D eigenvalue weighted by Gasteiger charge is -2.37. The SMILES string of the molecule is CC(C)[C@H]1CC[C@H](C)C[C@H]1OC[C@H](O)C[NH2+][C@@H](C)c1ccccc1. The second-order valence-electron chi connectivity index (χ2n) is 8.02. The summed E-state index contributed by atoms with van der Waals surface area (Å²) < 4.78 is 6.16. The molecule has 3 heteroatoms. The fourth-order valence-corrected chi connectivity index (χ4v) is 3.86. The van der Waals surface area contributed by atoms with Gasteiger partial charge in [-0.25, -0.2) is 0 Å². The van der Waals surface area contributed by atoms with E-state index in [1.807, 2.05) is 6.07 Å². The van der Waals surface area contributed by atoms with Gasteiger partial charge in [0.2, 0.25) is 0 Å². The number of rotatable bonds is 8. The van der Waals surface area contributed by atoms with Crippen LogP contribution in [0.15, 0.2) is 30.3 Å². The molecular weight excluding hydrogens is 298 g/mol. The van der Waals surface area contributed by atoms with Crippen LogP contribution in [0.4, 0.5) is 0 Å². The molecule has 1 aliphatic rings. The van der Waals surface area contributed by atoms with E-state index in [1.165, 1.54) is 18.4 Å². The van der Waals surface area contributed by atoms with Crippen LogP contribution in [0, 0.1) is 17.8 Å².